The molecule has 1 aliphatic rings. The van der Waals surface area contributed by atoms with Crippen LogP contribution < -0.4 is 5.84 Å². The van der Waals surface area contributed by atoms with Crippen molar-refractivity contribution in [3.05, 3.63) is 0 Å². The van der Waals surface area contributed by atoms with Crippen LogP contribution in [0.1, 0.15) is 19.3 Å². The van der Waals surface area contributed by atoms with Crippen molar-refractivity contribution in [1.29, 1.82) is 5.41 Å². The van der Waals surface area contributed by atoms with E-state index in [1.807, 2.05) is 4.90 Å². The first-order valence-electron chi connectivity index (χ1n) is 4.72. The number of hydrogen-bond acceptors (Lipinski definition) is 3. The minimum atomic E-state index is -0.00722. The Morgan fingerprint density at radius 1 is 1.38 bits per heavy atom. The molecular formula is C8H18N4O. The lowest BCUT2D eigenvalue weighted by Crippen LogP contribution is -2.50. The van der Waals surface area contributed by atoms with Crippen LogP contribution >= 0.6 is 0 Å². The number of likely N-dealkylation sites (tertiary alicyclic amines) is 1. The summed E-state index contributed by atoms with van der Waals surface area (Å²) < 4.78 is 0. The molecule has 1 heterocycles. The second kappa shape index (κ2) is 5.04. The molecule has 0 aromatic carbocycles. The number of nitrogens with two attached hydrogens (primary N) is 1. The maximum Gasteiger partial charge on any atom is 0.208 e. The zero-order valence-electron chi connectivity index (χ0n) is 7.87. The Morgan fingerprint density at radius 2 is 2.00 bits per heavy atom. The molecule has 5 nitrogen and oxygen atoms in total. The van der Waals surface area contributed by atoms with Crippen LogP contribution in [0.25, 0.3) is 0 Å². The topological polar surface area (TPSA) is 76.6 Å². The molecule has 0 saturated carbocycles. The molecule has 0 amide bonds. The average molecular weight is 186 g/mol. The van der Waals surface area contributed by atoms with Crippen molar-refractivity contribution >= 4 is 5.96 Å². The summed E-state index contributed by atoms with van der Waals surface area (Å²) in [5, 5.41) is 17.7. The molecule has 1 saturated heterocycles. The SMILES string of the molecule is N=C(N(N)CCO)N1CCCCC1. The fourth-order valence-corrected chi connectivity index (χ4v) is 1.50. The minimum absolute atomic E-state index is 0.00722. The van der Waals surface area contributed by atoms with E-state index in [4.69, 9.17) is 16.4 Å². The molecule has 0 radical (unpaired) electrons. The normalized spacial score (nSPS) is 17.2. The minimum Gasteiger partial charge on any atom is -0.394 e. The van der Waals surface area contributed by atoms with Crippen LogP contribution in [0.15, 0.2) is 0 Å². The number of hydrogen-bond donors (Lipinski definition) is 3. The van der Waals surface area contributed by atoms with Crippen LogP contribution in [-0.4, -0.2) is 47.2 Å². The van der Waals surface area contributed by atoms with Crippen molar-refractivity contribution in [2.24, 2.45) is 5.84 Å². The maximum absolute atomic E-state index is 8.65. The smallest absolute Gasteiger partial charge is 0.208 e. The van der Waals surface area contributed by atoms with E-state index in [-0.39, 0.29) is 6.61 Å². The predicted molar refractivity (Wildman–Crippen MR) is 51.1 cm³/mol. The van der Waals surface area contributed by atoms with Gasteiger partial charge in [0.1, 0.15) is 0 Å². The van der Waals surface area contributed by atoms with Crippen LogP contribution in [-0.2, 0) is 0 Å². The first kappa shape index (κ1) is 10.3. The zero-order valence-corrected chi connectivity index (χ0v) is 7.87. The molecule has 1 rings (SSSR count). The summed E-state index contributed by atoms with van der Waals surface area (Å²) in [5.74, 6) is 5.89. The monoisotopic (exact) mass is 186 g/mol. The van der Waals surface area contributed by atoms with E-state index in [0.29, 0.717) is 12.5 Å². The lowest BCUT2D eigenvalue weighted by molar-refractivity contribution is 0.224. The van der Waals surface area contributed by atoms with Gasteiger partial charge < -0.3 is 10.0 Å². The molecule has 0 bridgehead atoms. The fourth-order valence-electron chi connectivity index (χ4n) is 1.50. The highest BCUT2D eigenvalue weighted by atomic mass is 16.3. The van der Waals surface area contributed by atoms with Gasteiger partial charge in [0.2, 0.25) is 5.96 Å². The molecule has 0 unspecified atom stereocenters. The summed E-state index contributed by atoms with van der Waals surface area (Å²) in [6, 6.07) is 0. The molecule has 1 fully saturated rings. The molecule has 0 aromatic rings. The Bertz CT molecular complexity index is 168. The summed E-state index contributed by atoms with van der Waals surface area (Å²) in [4.78, 5) is 1.96. The summed E-state index contributed by atoms with van der Waals surface area (Å²) in [7, 11) is 0. The van der Waals surface area contributed by atoms with Crippen molar-refractivity contribution in [3.63, 3.8) is 0 Å². The van der Waals surface area contributed by atoms with Gasteiger partial charge in [-0.3, -0.25) is 10.4 Å². The molecule has 76 valence electrons. The molecule has 0 aliphatic carbocycles. The number of aliphatic hydroxyl groups is 1. The van der Waals surface area contributed by atoms with Crippen LogP contribution in [0.2, 0.25) is 0 Å². The van der Waals surface area contributed by atoms with Gasteiger partial charge in [0.05, 0.1) is 13.2 Å². The molecule has 4 N–H and O–H groups in total. The first-order chi connectivity index (χ1) is 6.25. The van der Waals surface area contributed by atoms with Gasteiger partial charge in [-0.15, -0.1) is 0 Å². The van der Waals surface area contributed by atoms with Crippen LogP contribution in [0.4, 0.5) is 0 Å². The summed E-state index contributed by atoms with van der Waals surface area (Å²) in [5.41, 5.74) is 0. The third kappa shape index (κ3) is 2.86. The van der Waals surface area contributed by atoms with E-state index < -0.39 is 0 Å². The molecule has 0 atom stereocenters. The Morgan fingerprint density at radius 3 is 2.54 bits per heavy atom. The lowest BCUT2D eigenvalue weighted by atomic mass is 10.1. The number of rotatable bonds is 2. The predicted octanol–water partition coefficient (Wildman–Crippen LogP) is -0.425. The van der Waals surface area contributed by atoms with Gasteiger partial charge >= 0.3 is 0 Å². The Kier molecular flexibility index (Phi) is 3.98. The molecule has 0 spiro atoms. The summed E-state index contributed by atoms with van der Waals surface area (Å²) in [6.45, 7) is 2.15. The Labute approximate surface area is 78.6 Å². The van der Waals surface area contributed by atoms with Gasteiger partial charge in [-0.25, -0.2) is 5.84 Å². The van der Waals surface area contributed by atoms with E-state index in [2.05, 4.69) is 0 Å². The highest BCUT2D eigenvalue weighted by Crippen LogP contribution is 2.09. The van der Waals surface area contributed by atoms with E-state index in [1.54, 1.807) is 0 Å². The van der Waals surface area contributed by atoms with E-state index >= 15 is 0 Å². The van der Waals surface area contributed by atoms with E-state index in [1.165, 1.54) is 11.4 Å². The van der Waals surface area contributed by atoms with Gasteiger partial charge in [-0.1, -0.05) is 0 Å². The Hall–Kier alpha value is -0.810. The third-order valence-electron chi connectivity index (χ3n) is 2.27. The van der Waals surface area contributed by atoms with Crippen molar-refractivity contribution in [1.82, 2.24) is 9.91 Å². The standard InChI is InChI=1S/C8H18N4O/c9-8(12(10)6-7-13)11-4-2-1-3-5-11/h9,13H,1-7,10H2. The fraction of sp³-hybridized carbons (Fsp3) is 0.875. The number of hydrazine groups is 1. The number of nitrogens with zero attached hydrogens (tertiary/aromatic N) is 2. The van der Waals surface area contributed by atoms with Crippen molar-refractivity contribution < 1.29 is 5.11 Å². The van der Waals surface area contributed by atoms with Crippen LogP contribution in [0.3, 0.4) is 0 Å². The van der Waals surface area contributed by atoms with E-state index in [0.717, 1.165) is 25.9 Å². The number of aliphatic hydroxyl groups excluding tert-OH is 1. The van der Waals surface area contributed by atoms with Gasteiger partial charge in [0, 0.05) is 13.1 Å². The van der Waals surface area contributed by atoms with Gasteiger partial charge in [0.15, 0.2) is 0 Å². The quantitative estimate of drug-likeness (QED) is 0.237. The second-order valence-corrected chi connectivity index (χ2v) is 3.29. The first-order valence-corrected chi connectivity index (χ1v) is 4.72. The van der Waals surface area contributed by atoms with Crippen molar-refractivity contribution in [2.75, 3.05) is 26.2 Å². The summed E-state index contributed by atoms with van der Waals surface area (Å²) >= 11 is 0. The maximum atomic E-state index is 8.65. The molecule has 13 heavy (non-hydrogen) atoms. The zero-order chi connectivity index (χ0) is 9.68. The second-order valence-electron chi connectivity index (χ2n) is 3.29. The number of piperidine rings is 1. The number of guanidine groups is 1. The van der Waals surface area contributed by atoms with Crippen molar-refractivity contribution in [2.45, 2.75) is 19.3 Å². The largest absolute Gasteiger partial charge is 0.394 e. The van der Waals surface area contributed by atoms with Crippen LogP contribution in [0.5, 0.6) is 0 Å². The highest BCUT2D eigenvalue weighted by molar-refractivity contribution is 5.76. The van der Waals surface area contributed by atoms with Crippen molar-refractivity contribution in [3.8, 4) is 0 Å². The third-order valence-corrected chi connectivity index (χ3v) is 2.27. The van der Waals surface area contributed by atoms with E-state index in [9.17, 15) is 0 Å². The average Bonchev–Trinajstić information content (AvgIpc) is 2.18. The van der Waals surface area contributed by atoms with Gasteiger partial charge in [0.25, 0.3) is 0 Å². The lowest BCUT2D eigenvalue weighted by Gasteiger charge is -2.32. The molecule has 0 aromatic heterocycles. The Balaban J connectivity index is 2.36. The highest BCUT2D eigenvalue weighted by Gasteiger charge is 2.16. The molecular weight excluding hydrogens is 168 g/mol. The molecule has 5 heteroatoms. The summed E-state index contributed by atoms with van der Waals surface area (Å²) in [6.07, 6.45) is 3.51. The molecule has 1 aliphatic heterocycles. The van der Waals surface area contributed by atoms with Crippen LogP contribution in [0, 0.1) is 5.41 Å². The van der Waals surface area contributed by atoms with Gasteiger partial charge in [-0.05, 0) is 19.3 Å². The number of nitrogens with one attached hydrogen (secondary N) is 1. The van der Waals surface area contributed by atoms with Gasteiger partial charge in [-0.2, -0.15) is 0 Å².